The van der Waals surface area contributed by atoms with E-state index >= 15 is 0 Å². The van der Waals surface area contributed by atoms with Crippen LogP contribution in [-0.4, -0.2) is 15.4 Å². The van der Waals surface area contributed by atoms with E-state index in [0.717, 1.165) is 5.76 Å². The minimum Gasteiger partial charge on any atom is -0.544 e. The molecule has 2 nitrogen and oxygen atoms in total. The van der Waals surface area contributed by atoms with Gasteiger partial charge in [-0.25, -0.2) is 0 Å². The van der Waals surface area contributed by atoms with Crippen LogP contribution in [0.3, 0.4) is 0 Å². The highest BCUT2D eigenvalue weighted by Crippen LogP contribution is 2.37. The standard InChI is InChI=1S/C12H24O2Si/c1-8-11(9-10-13-5)14-15(6,7)12(2,3)4/h8-10H,1-7H3/b10-9+,11-8?. The highest BCUT2D eigenvalue weighted by atomic mass is 28.4. The van der Waals surface area contributed by atoms with Gasteiger partial charge in [-0.1, -0.05) is 20.8 Å². The van der Waals surface area contributed by atoms with E-state index in [0.29, 0.717) is 0 Å². The topological polar surface area (TPSA) is 18.5 Å². The first-order chi connectivity index (χ1) is 6.74. The summed E-state index contributed by atoms with van der Waals surface area (Å²) in [7, 11) is -0.0790. The Morgan fingerprint density at radius 1 is 1.20 bits per heavy atom. The molecule has 0 rings (SSSR count). The van der Waals surface area contributed by atoms with Crippen molar-refractivity contribution >= 4 is 8.32 Å². The number of hydrogen-bond acceptors (Lipinski definition) is 2. The van der Waals surface area contributed by atoms with Gasteiger partial charge in [0.25, 0.3) is 0 Å². The molecule has 0 atom stereocenters. The van der Waals surface area contributed by atoms with E-state index < -0.39 is 8.32 Å². The quantitative estimate of drug-likeness (QED) is 0.410. The number of methoxy groups -OCH3 is 1. The van der Waals surface area contributed by atoms with Gasteiger partial charge in [-0.3, -0.25) is 0 Å². The molecule has 88 valence electrons. The Kier molecular flexibility index (Phi) is 5.15. The van der Waals surface area contributed by atoms with Crippen molar-refractivity contribution in [3.63, 3.8) is 0 Å². The summed E-state index contributed by atoms with van der Waals surface area (Å²) in [5, 5.41) is 0.224. The Morgan fingerprint density at radius 2 is 1.73 bits per heavy atom. The van der Waals surface area contributed by atoms with Crippen molar-refractivity contribution in [1.82, 2.24) is 0 Å². The van der Waals surface area contributed by atoms with Crippen molar-refractivity contribution in [2.24, 2.45) is 0 Å². The normalized spacial score (nSPS) is 14.5. The highest BCUT2D eigenvalue weighted by Gasteiger charge is 2.39. The van der Waals surface area contributed by atoms with E-state index in [-0.39, 0.29) is 5.04 Å². The van der Waals surface area contributed by atoms with Gasteiger partial charge < -0.3 is 9.16 Å². The number of hydrogen-bond donors (Lipinski definition) is 0. The van der Waals surface area contributed by atoms with Gasteiger partial charge >= 0.3 is 0 Å². The fourth-order valence-electron chi connectivity index (χ4n) is 0.772. The van der Waals surface area contributed by atoms with Crippen LogP contribution in [0.25, 0.3) is 0 Å². The Hall–Kier alpha value is -0.703. The zero-order chi connectivity index (χ0) is 12.1. The number of allylic oxidation sites excluding steroid dienone is 2. The lowest BCUT2D eigenvalue weighted by molar-refractivity contribution is 0.332. The maximum atomic E-state index is 6.09. The predicted molar refractivity (Wildman–Crippen MR) is 68.2 cm³/mol. The molecule has 15 heavy (non-hydrogen) atoms. The van der Waals surface area contributed by atoms with E-state index in [4.69, 9.17) is 9.16 Å². The largest absolute Gasteiger partial charge is 0.544 e. The minimum absolute atomic E-state index is 0.224. The first-order valence-corrected chi connectivity index (χ1v) is 8.20. The van der Waals surface area contributed by atoms with Crippen molar-refractivity contribution in [2.75, 3.05) is 7.11 Å². The summed E-state index contributed by atoms with van der Waals surface area (Å²) in [6.45, 7) is 13.1. The molecule has 0 aromatic rings. The Morgan fingerprint density at radius 3 is 2.07 bits per heavy atom. The van der Waals surface area contributed by atoms with Crippen LogP contribution in [0, 0.1) is 0 Å². The summed E-state index contributed by atoms with van der Waals surface area (Å²) >= 11 is 0. The molecular formula is C12H24O2Si. The van der Waals surface area contributed by atoms with Crippen LogP contribution in [0.15, 0.2) is 24.2 Å². The molecule has 0 aromatic heterocycles. The van der Waals surface area contributed by atoms with Crippen LogP contribution >= 0.6 is 0 Å². The van der Waals surface area contributed by atoms with E-state index in [2.05, 4.69) is 33.9 Å². The average Bonchev–Trinajstić information content (AvgIpc) is 2.10. The van der Waals surface area contributed by atoms with Crippen LogP contribution < -0.4 is 0 Å². The van der Waals surface area contributed by atoms with Crippen LogP contribution in [0.1, 0.15) is 27.7 Å². The summed E-state index contributed by atoms with van der Waals surface area (Å²) in [5.74, 6) is 0.892. The van der Waals surface area contributed by atoms with Crippen molar-refractivity contribution in [3.8, 4) is 0 Å². The van der Waals surface area contributed by atoms with Crippen molar-refractivity contribution in [3.05, 3.63) is 24.2 Å². The Labute approximate surface area is 95.1 Å². The Bertz CT molecular complexity index is 247. The van der Waals surface area contributed by atoms with Gasteiger partial charge in [0.2, 0.25) is 8.32 Å². The highest BCUT2D eigenvalue weighted by molar-refractivity contribution is 6.74. The predicted octanol–water partition coefficient (Wildman–Crippen LogP) is 4.07. The van der Waals surface area contributed by atoms with Gasteiger partial charge in [0.05, 0.1) is 13.4 Å². The lowest BCUT2D eigenvalue weighted by Gasteiger charge is -2.36. The fraction of sp³-hybridized carbons (Fsp3) is 0.667. The van der Waals surface area contributed by atoms with Gasteiger partial charge in [-0.2, -0.15) is 0 Å². The van der Waals surface area contributed by atoms with Crippen molar-refractivity contribution < 1.29 is 9.16 Å². The Balaban J connectivity index is 4.63. The van der Waals surface area contributed by atoms with Gasteiger partial charge in [-0.05, 0) is 31.1 Å². The first kappa shape index (κ1) is 14.3. The molecule has 0 aliphatic carbocycles. The van der Waals surface area contributed by atoms with E-state index in [9.17, 15) is 0 Å². The van der Waals surface area contributed by atoms with E-state index in [1.807, 2.05) is 19.1 Å². The molecule has 0 aliphatic rings. The lowest BCUT2D eigenvalue weighted by atomic mass is 10.2. The monoisotopic (exact) mass is 228 g/mol. The molecule has 0 fully saturated rings. The minimum atomic E-state index is -1.71. The molecule has 0 saturated heterocycles. The molecule has 0 amide bonds. The third-order valence-corrected chi connectivity index (χ3v) is 7.19. The third-order valence-electron chi connectivity index (χ3n) is 2.83. The maximum absolute atomic E-state index is 6.09. The van der Waals surface area contributed by atoms with Crippen LogP contribution in [-0.2, 0) is 9.16 Å². The molecule has 0 aliphatic heterocycles. The molecular weight excluding hydrogens is 204 g/mol. The summed E-state index contributed by atoms with van der Waals surface area (Å²) in [6.07, 6.45) is 5.47. The second kappa shape index (κ2) is 5.40. The van der Waals surface area contributed by atoms with Crippen LogP contribution in [0.2, 0.25) is 18.1 Å². The SMILES string of the molecule is CC=C(/C=C/OC)O[Si](C)(C)C(C)(C)C. The van der Waals surface area contributed by atoms with Gasteiger partial charge in [-0.15, -0.1) is 0 Å². The average molecular weight is 228 g/mol. The second-order valence-corrected chi connectivity index (χ2v) is 9.82. The molecule has 0 spiro atoms. The lowest BCUT2D eigenvalue weighted by Crippen LogP contribution is -2.40. The van der Waals surface area contributed by atoms with Crippen LogP contribution in [0.4, 0.5) is 0 Å². The number of rotatable bonds is 4. The second-order valence-electron chi connectivity index (χ2n) is 5.09. The summed E-state index contributed by atoms with van der Waals surface area (Å²) in [4.78, 5) is 0. The van der Waals surface area contributed by atoms with Gasteiger partial charge in [0, 0.05) is 6.08 Å². The van der Waals surface area contributed by atoms with Crippen LogP contribution in [0.5, 0.6) is 0 Å². The van der Waals surface area contributed by atoms with Crippen molar-refractivity contribution in [1.29, 1.82) is 0 Å². The fourth-order valence-corrected chi connectivity index (χ4v) is 1.85. The molecule has 0 bridgehead atoms. The van der Waals surface area contributed by atoms with E-state index in [1.54, 1.807) is 13.4 Å². The third kappa shape index (κ3) is 4.56. The first-order valence-electron chi connectivity index (χ1n) is 5.29. The summed E-state index contributed by atoms with van der Waals surface area (Å²) in [6, 6.07) is 0. The van der Waals surface area contributed by atoms with E-state index in [1.165, 1.54) is 0 Å². The number of ether oxygens (including phenoxy) is 1. The maximum Gasteiger partial charge on any atom is 0.250 e. The van der Waals surface area contributed by atoms with Gasteiger partial charge in [0.15, 0.2) is 0 Å². The van der Waals surface area contributed by atoms with Gasteiger partial charge in [0.1, 0.15) is 5.76 Å². The molecule has 0 aromatic carbocycles. The smallest absolute Gasteiger partial charge is 0.250 e. The molecule has 0 unspecified atom stereocenters. The van der Waals surface area contributed by atoms with Crippen molar-refractivity contribution in [2.45, 2.75) is 45.8 Å². The molecule has 0 saturated carbocycles. The molecule has 0 heterocycles. The summed E-state index contributed by atoms with van der Waals surface area (Å²) in [5.41, 5.74) is 0. The zero-order valence-electron chi connectivity index (χ0n) is 11.0. The molecule has 0 radical (unpaired) electrons. The molecule has 0 N–H and O–H groups in total. The molecule has 3 heteroatoms. The zero-order valence-corrected chi connectivity index (χ0v) is 12.0. The summed E-state index contributed by atoms with van der Waals surface area (Å²) < 4.78 is 11.0.